The molecule has 6 nitrogen and oxygen atoms in total. The molecule has 28 heavy (non-hydrogen) atoms. The first-order valence-corrected chi connectivity index (χ1v) is 9.97. The predicted octanol–water partition coefficient (Wildman–Crippen LogP) is 3.21. The van der Waals surface area contributed by atoms with Crippen LogP contribution in [0.3, 0.4) is 0 Å². The average molecular weight is 379 g/mol. The van der Waals surface area contributed by atoms with E-state index in [-0.39, 0.29) is 11.7 Å². The highest BCUT2D eigenvalue weighted by Gasteiger charge is 2.26. The van der Waals surface area contributed by atoms with Gasteiger partial charge in [-0.1, -0.05) is 6.07 Å². The van der Waals surface area contributed by atoms with Crippen molar-refractivity contribution in [2.75, 3.05) is 19.8 Å². The summed E-state index contributed by atoms with van der Waals surface area (Å²) >= 11 is 0. The van der Waals surface area contributed by atoms with E-state index in [0.29, 0.717) is 5.92 Å². The molecule has 146 valence electrons. The zero-order valence-corrected chi connectivity index (χ0v) is 16.4. The van der Waals surface area contributed by atoms with Crippen LogP contribution in [-0.2, 0) is 23.1 Å². The monoisotopic (exact) mass is 379 g/mol. The van der Waals surface area contributed by atoms with Crippen LogP contribution in [0.1, 0.15) is 30.1 Å². The topological polar surface area (TPSA) is 61.6 Å². The SMILES string of the molecule is Cc1cc(-c2nc3cc(C4CO4)ccc3n2CC2CCOCC2)cn(C)c1=O. The molecule has 2 aromatic heterocycles. The molecular weight excluding hydrogens is 354 g/mol. The van der Waals surface area contributed by atoms with E-state index in [1.165, 1.54) is 5.56 Å². The van der Waals surface area contributed by atoms with Gasteiger partial charge in [0.15, 0.2) is 0 Å². The minimum atomic E-state index is 0.0315. The van der Waals surface area contributed by atoms with Crippen molar-refractivity contribution in [3.63, 3.8) is 0 Å². The Balaban J connectivity index is 1.64. The lowest BCUT2D eigenvalue weighted by Gasteiger charge is -2.23. The van der Waals surface area contributed by atoms with Crippen LogP contribution >= 0.6 is 0 Å². The lowest BCUT2D eigenvalue weighted by Crippen LogP contribution is -2.21. The number of epoxide rings is 1. The molecule has 2 saturated heterocycles. The molecule has 1 unspecified atom stereocenters. The van der Waals surface area contributed by atoms with E-state index in [1.54, 1.807) is 11.6 Å². The van der Waals surface area contributed by atoms with E-state index in [2.05, 4.69) is 22.8 Å². The number of benzene rings is 1. The minimum absolute atomic E-state index is 0.0315. The van der Waals surface area contributed by atoms with Gasteiger partial charge in [0.2, 0.25) is 0 Å². The van der Waals surface area contributed by atoms with Gasteiger partial charge in [-0.3, -0.25) is 4.79 Å². The fraction of sp³-hybridized carbons (Fsp3) is 0.455. The summed E-state index contributed by atoms with van der Waals surface area (Å²) in [5.74, 6) is 1.50. The minimum Gasteiger partial charge on any atom is -0.381 e. The number of aryl methyl sites for hydroxylation is 2. The van der Waals surface area contributed by atoms with E-state index < -0.39 is 0 Å². The summed E-state index contributed by atoms with van der Waals surface area (Å²) in [6, 6.07) is 8.41. The molecule has 0 spiro atoms. The second kappa shape index (κ2) is 6.87. The van der Waals surface area contributed by atoms with Gasteiger partial charge >= 0.3 is 0 Å². The Kier molecular flexibility index (Phi) is 4.33. The number of aromatic nitrogens is 3. The quantitative estimate of drug-likeness (QED) is 0.653. The van der Waals surface area contributed by atoms with Gasteiger partial charge in [0.1, 0.15) is 11.9 Å². The number of pyridine rings is 1. The van der Waals surface area contributed by atoms with Gasteiger partial charge in [-0.15, -0.1) is 0 Å². The van der Waals surface area contributed by atoms with Gasteiger partial charge in [-0.25, -0.2) is 4.98 Å². The summed E-state index contributed by atoms with van der Waals surface area (Å²) in [6.07, 6.45) is 4.24. The van der Waals surface area contributed by atoms with Crippen LogP contribution in [0.25, 0.3) is 22.4 Å². The van der Waals surface area contributed by atoms with Gasteiger partial charge in [-0.2, -0.15) is 0 Å². The molecule has 3 aromatic rings. The fourth-order valence-electron chi connectivity index (χ4n) is 4.18. The van der Waals surface area contributed by atoms with Gasteiger partial charge in [0.25, 0.3) is 5.56 Å². The van der Waals surface area contributed by atoms with Gasteiger partial charge < -0.3 is 18.6 Å². The number of imidazole rings is 1. The lowest BCUT2D eigenvalue weighted by molar-refractivity contribution is 0.0617. The Labute approximate surface area is 163 Å². The van der Waals surface area contributed by atoms with Gasteiger partial charge in [0, 0.05) is 44.1 Å². The average Bonchev–Trinajstić information content (AvgIpc) is 3.49. The van der Waals surface area contributed by atoms with Crippen molar-refractivity contribution in [1.82, 2.24) is 14.1 Å². The molecule has 0 radical (unpaired) electrons. The summed E-state index contributed by atoms with van der Waals surface area (Å²) in [5, 5.41) is 0. The summed E-state index contributed by atoms with van der Waals surface area (Å²) in [5.41, 5.74) is 5.05. The molecule has 2 fully saturated rings. The van der Waals surface area contributed by atoms with Crippen LogP contribution in [0.4, 0.5) is 0 Å². The predicted molar refractivity (Wildman–Crippen MR) is 107 cm³/mol. The molecular formula is C22H25N3O3. The Hall–Kier alpha value is -2.44. The normalized spacial score (nSPS) is 20.0. The van der Waals surface area contributed by atoms with Gasteiger partial charge in [-0.05, 0) is 49.4 Å². The van der Waals surface area contributed by atoms with E-state index in [1.807, 2.05) is 19.2 Å². The summed E-state index contributed by atoms with van der Waals surface area (Å²) < 4.78 is 14.9. The molecule has 0 bridgehead atoms. The van der Waals surface area contributed by atoms with E-state index in [9.17, 15) is 4.79 Å². The third-order valence-corrected chi connectivity index (χ3v) is 5.88. The fourth-order valence-corrected chi connectivity index (χ4v) is 4.18. The first-order valence-electron chi connectivity index (χ1n) is 9.97. The number of rotatable bonds is 4. The highest BCUT2D eigenvalue weighted by atomic mass is 16.6. The van der Waals surface area contributed by atoms with Crippen LogP contribution in [-0.4, -0.2) is 33.9 Å². The molecule has 1 atom stereocenters. The van der Waals surface area contributed by atoms with Crippen LogP contribution in [0.5, 0.6) is 0 Å². The first kappa shape index (κ1) is 17.6. The molecule has 5 rings (SSSR count). The van der Waals surface area contributed by atoms with Crippen molar-refractivity contribution in [2.24, 2.45) is 13.0 Å². The first-order chi connectivity index (χ1) is 13.6. The molecule has 0 amide bonds. The smallest absolute Gasteiger partial charge is 0.253 e. The Morgan fingerprint density at radius 3 is 2.71 bits per heavy atom. The third-order valence-electron chi connectivity index (χ3n) is 5.88. The Bertz CT molecular complexity index is 1060. The molecule has 4 heterocycles. The zero-order valence-electron chi connectivity index (χ0n) is 16.4. The lowest BCUT2D eigenvalue weighted by atomic mass is 10.00. The standard InChI is InChI=1S/C22H25N3O3/c1-14-9-17(12-24(2)22(14)26)21-23-18-10-16(20-13-28-20)3-4-19(18)25(21)11-15-5-7-27-8-6-15/h3-4,9-10,12,15,20H,5-8,11,13H2,1-2H3. The number of nitrogens with zero attached hydrogens (tertiary/aromatic N) is 3. The van der Waals surface area contributed by atoms with E-state index in [4.69, 9.17) is 14.5 Å². The number of hydrogen-bond acceptors (Lipinski definition) is 4. The summed E-state index contributed by atoms with van der Waals surface area (Å²) in [6.45, 7) is 5.22. The van der Waals surface area contributed by atoms with Crippen molar-refractivity contribution >= 4 is 11.0 Å². The van der Waals surface area contributed by atoms with Crippen molar-refractivity contribution in [3.8, 4) is 11.4 Å². The van der Waals surface area contributed by atoms with Crippen LogP contribution in [0, 0.1) is 12.8 Å². The molecule has 2 aliphatic rings. The molecule has 0 N–H and O–H groups in total. The van der Waals surface area contributed by atoms with Crippen molar-refractivity contribution in [3.05, 3.63) is 51.9 Å². The maximum Gasteiger partial charge on any atom is 0.253 e. The summed E-state index contributed by atoms with van der Waals surface area (Å²) in [7, 11) is 1.80. The number of ether oxygens (including phenoxy) is 2. The molecule has 0 saturated carbocycles. The maximum absolute atomic E-state index is 12.2. The van der Waals surface area contributed by atoms with Crippen molar-refractivity contribution < 1.29 is 9.47 Å². The van der Waals surface area contributed by atoms with Crippen molar-refractivity contribution in [2.45, 2.75) is 32.4 Å². The molecule has 6 heteroatoms. The maximum atomic E-state index is 12.2. The van der Waals surface area contributed by atoms with E-state index in [0.717, 1.165) is 67.2 Å². The number of hydrogen-bond donors (Lipinski definition) is 0. The van der Waals surface area contributed by atoms with E-state index >= 15 is 0 Å². The van der Waals surface area contributed by atoms with Crippen molar-refractivity contribution in [1.29, 1.82) is 0 Å². The highest BCUT2D eigenvalue weighted by Crippen LogP contribution is 2.34. The van der Waals surface area contributed by atoms with Gasteiger partial charge in [0.05, 0.1) is 17.6 Å². The molecule has 0 aliphatic carbocycles. The largest absolute Gasteiger partial charge is 0.381 e. The Morgan fingerprint density at radius 2 is 2.00 bits per heavy atom. The second-order valence-corrected chi connectivity index (χ2v) is 8.00. The Morgan fingerprint density at radius 1 is 1.21 bits per heavy atom. The highest BCUT2D eigenvalue weighted by molar-refractivity contribution is 5.81. The second-order valence-electron chi connectivity index (χ2n) is 8.00. The number of fused-ring (bicyclic) bond motifs is 1. The molecule has 2 aliphatic heterocycles. The van der Waals surface area contributed by atoms with Crippen LogP contribution in [0.2, 0.25) is 0 Å². The summed E-state index contributed by atoms with van der Waals surface area (Å²) in [4.78, 5) is 17.2. The third kappa shape index (κ3) is 3.16. The molecule has 1 aromatic carbocycles. The zero-order chi connectivity index (χ0) is 19.3. The van der Waals surface area contributed by atoms with Crippen LogP contribution < -0.4 is 5.56 Å². The van der Waals surface area contributed by atoms with Crippen LogP contribution in [0.15, 0.2) is 35.3 Å².